The molecule has 0 saturated carbocycles. The number of nitrogens with zero attached hydrogens (tertiary/aromatic N) is 1. The zero-order valence-corrected chi connectivity index (χ0v) is 10.6. The fourth-order valence-corrected chi connectivity index (χ4v) is 2.55. The summed E-state index contributed by atoms with van der Waals surface area (Å²) in [6, 6.07) is 10.7. The van der Waals surface area contributed by atoms with Gasteiger partial charge in [-0.15, -0.1) is 0 Å². The first kappa shape index (κ1) is 11.7. The van der Waals surface area contributed by atoms with Gasteiger partial charge in [0.2, 0.25) is 0 Å². The molecule has 0 N–H and O–H groups in total. The maximum atomic E-state index is 8.43. The van der Waals surface area contributed by atoms with E-state index in [-0.39, 0.29) is 0 Å². The Kier molecular flexibility index (Phi) is 3.87. The minimum atomic E-state index is -1.21. The average Bonchev–Trinajstić information content (AvgIpc) is 2.17. The third-order valence-corrected chi connectivity index (χ3v) is 4.32. The Morgan fingerprint density at radius 2 is 2.07 bits per heavy atom. The summed E-state index contributed by atoms with van der Waals surface area (Å²) in [5.41, 5.74) is 1.20. The van der Waals surface area contributed by atoms with Crippen molar-refractivity contribution in [2.45, 2.75) is 26.1 Å². The molecule has 0 fully saturated rings. The fraction of sp³-hybridized carbons (Fsp3) is 0.308. The summed E-state index contributed by atoms with van der Waals surface area (Å²) in [5, 5.41) is 9.89. The molecule has 78 valence electrons. The lowest BCUT2D eigenvalue weighted by Crippen LogP contribution is -2.37. The van der Waals surface area contributed by atoms with Gasteiger partial charge in [0.05, 0.1) is 20.6 Å². The van der Waals surface area contributed by atoms with Crippen LogP contribution in [0.25, 0.3) is 6.08 Å². The number of nitriles is 1. The van der Waals surface area contributed by atoms with Crippen LogP contribution in [0.5, 0.6) is 0 Å². The summed E-state index contributed by atoms with van der Waals surface area (Å²) in [5.74, 6) is 0. The quantitative estimate of drug-likeness (QED) is 0.711. The second-order valence-electron chi connectivity index (χ2n) is 4.64. The Bertz CT molecular complexity index is 394. The van der Waals surface area contributed by atoms with Gasteiger partial charge in [-0.1, -0.05) is 61.2 Å². The van der Waals surface area contributed by atoms with E-state index in [0.717, 1.165) is 0 Å². The van der Waals surface area contributed by atoms with E-state index in [4.69, 9.17) is 5.26 Å². The molecule has 1 aromatic carbocycles. The standard InChI is InChI=1S/C13H17NSi/c1-15(2,3)13-9-6-8-12(11-13)7-4-5-10-14/h4,6-9,11H,5H2,1-3H3. The van der Waals surface area contributed by atoms with Crippen molar-refractivity contribution in [2.75, 3.05) is 0 Å². The summed E-state index contributed by atoms with van der Waals surface area (Å²) in [4.78, 5) is 0. The van der Waals surface area contributed by atoms with Crippen molar-refractivity contribution in [1.29, 1.82) is 5.26 Å². The van der Waals surface area contributed by atoms with E-state index in [1.807, 2.05) is 12.2 Å². The summed E-state index contributed by atoms with van der Waals surface area (Å²) in [6.45, 7) is 7.02. The van der Waals surface area contributed by atoms with Crippen LogP contribution in [0, 0.1) is 11.3 Å². The molecule has 2 heteroatoms. The fourth-order valence-electron chi connectivity index (χ4n) is 1.36. The van der Waals surface area contributed by atoms with Crippen molar-refractivity contribution in [2.24, 2.45) is 0 Å². The highest BCUT2D eigenvalue weighted by atomic mass is 28.3. The number of allylic oxidation sites excluding steroid dienone is 1. The second kappa shape index (κ2) is 4.95. The Morgan fingerprint density at radius 3 is 2.67 bits per heavy atom. The SMILES string of the molecule is C[Si](C)(C)c1cccc(C=CCC#N)c1. The van der Waals surface area contributed by atoms with Crippen molar-refractivity contribution in [3.8, 4) is 6.07 Å². The predicted molar refractivity (Wildman–Crippen MR) is 68.7 cm³/mol. The van der Waals surface area contributed by atoms with Crippen LogP contribution in [-0.4, -0.2) is 8.07 Å². The highest BCUT2D eigenvalue weighted by Gasteiger charge is 2.15. The molecule has 0 atom stereocenters. The van der Waals surface area contributed by atoms with Crippen LogP contribution in [0.3, 0.4) is 0 Å². The summed E-state index contributed by atoms with van der Waals surface area (Å²) >= 11 is 0. The molecule has 0 saturated heterocycles. The van der Waals surface area contributed by atoms with E-state index in [1.54, 1.807) is 0 Å². The summed E-state index contributed by atoms with van der Waals surface area (Å²) < 4.78 is 0. The van der Waals surface area contributed by atoms with Gasteiger partial charge in [0.15, 0.2) is 0 Å². The van der Waals surface area contributed by atoms with Crippen molar-refractivity contribution in [3.63, 3.8) is 0 Å². The molecule has 1 nitrogen and oxygen atoms in total. The molecule has 1 aromatic rings. The van der Waals surface area contributed by atoms with E-state index in [2.05, 4.69) is 50.0 Å². The second-order valence-corrected chi connectivity index (χ2v) is 9.72. The summed E-state index contributed by atoms with van der Waals surface area (Å²) in [7, 11) is -1.21. The van der Waals surface area contributed by atoms with Gasteiger partial charge in [-0.3, -0.25) is 0 Å². The van der Waals surface area contributed by atoms with E-state index < -0.39 is 8.07 Å². The third kappa shape index (κ3) is 3.73. The van der Waals surface area contributed by atoms with Crippen molar-refractivity contribution >= 4 is 19.3 Å². The number of hydrogen-bond acceptors (Lipinski definition) is 1. The maximum absolute atomic E-state index is 8.43. The molecule has 0 aliphatic rings. The predicted octanol–water partition coefficient (Wildman–Crippen LogP) is 3.16. The van der Waals surface area contributed by atoms with Crippen LogP contribution in [-0.2, 0) is 0 Å². The summed E-state index contributed by atoms with van der Waals surface area (Å²) in [6.07, 6.45) is 4.41. The van der Waals surface area contributed by atoms with Gasteiger partial charge < -0.3 is 0 Å². The molecule has 0 aromatic heterocycles. The maximum Gasteiger partial charge on any atom is 0.0776 e. The van der Waals surface area contributed by atoms with Crippen molar-refractivity contribution < 1.29 is 0 Å². The first-order chi connectivity index (χ1) is 7.04. The molecule has 0 unspecified atom stereocenters. The zero-order chi connectivity index (χ0) is 11.3. The number of rotatable bonds is 3. The Morgan fingerprint density at radius 1 is 1.33 bits per heavy atom. The zero-order valence-electron chi connectivity index (χ0n) is 9.62. The third-order valence-electron chi connectivity index (χ3n) is 2.27. The monoisotopic (exact) mass is 215 g/mol. The largest absolute Gasteiger partial charge is 0.198 e. The molecule has 0 heterocycles. The molecular weight excluding hydrogens is 198 g/mol. The smallest absolute Gasteiger partial charge is 0.0776 e. The molecule has 0 radical (unpaired) electrons. The van der Waals surface area contributed by atoms with E-state index in [1.165, 1.54) is 10.8 Å². The van der Waals surface area contributed by atoms with Crippen LogP contribution >= 0.6 is 0 Å². The van der Waals surface area contributed by atoms with Crippen LogP contribution < -0.4 is 5.19 Å². The Balaban J connectivity index is 2.89. The highest BCUT2D eigenvalue weighted by Crippen LogP contribution is 2.06. The minimum Gasteiger partial charge on any atom is -0.198 e. The van der Waals surface area contributed by atoms with Crippen molar-refractivity contribution in [1.82, 2.24) is 0 Å². The molecule has 0 bridgehead atoms. The number of hydrogen-bond donors (Lipinski definition) is 0. The molecule has 0 spiro atoms. The van der Waals surface area contributed by atoms with Crippen LogP contribution in [0.4, 0.5) is 0 Å². The minimum absolute atomic E-state index is 0.483. The van der Waals surface area contributed by atoms with Gasteiger partial charge in [0.25, 0.3) is 0 Å². The van der Waals surface area contributed by atoms with Gasteiger partial charge in [-0.25, -0.2) is 0 Å². The molecule has 0 amide bonds. The van der Waals surface area contributed by atoms with Crippen LogP contribution in [0.2, 0.25) is 19.6 Å². The van der Waals surface area contributed by atoms with Gasteiger partial charge in [-0.05, 0) is 5.56 Å². The molecule has 0 aliphatic carbocycles. The van der Waals surface area contributed by atoms with Gasteiger partial charge in [0.1, 0.15) is 0 Å². The lowest BCUT2D eigenvalue weighted by atomic mass is 10.2. The molecule has 0 aliphatic heterocycles. The normalized spacial score (nSPS) is 11.6. The molecule has 1 rings (SSSR count). The highest BCUT2D eigenvalue weighted by molar-refractivity contribution is 6.88. The van der Waals surface area contributed by atoms with Gasteiger partial charge in [-0.2, -0.15) is 5.26 Å². The number of benzene rings is 1. The lowest BCUT2D eigenvalue weighted by Gasteiger charge is -2.16. The van der Waals surface area contributed by atoms with E-state index in [0.29, 0.717) is 6.42 Å². The first-order valence-corrected chi connectivity index (χ1v) is 8.68. The first-order valence-electron chi connectivity index (χ1n) is 5.18. The van der Waals surface area contributed by atoms with Gasteiger partial charge >= 0.3 is 0 Å². The Hall–Kier alpha value is -1.33. The Labute approximate surface area is 93.1 Å². The van der Waals surface area contributed by atoms with Crippen molar-refractivity contribution in [3.05, 3.63) is 35.9 Å². The lowest BCUT2D eigenvalue weighted by molar-refractivity contribution is 1.36. The topological polar surface area (TPSA) is 23.8 Å². The molecule has 15 heavy (non-hydrogen) atoms. The van der Waals surface area contributed by atoms with Crippen LogP contribution in [0.1, 0.15) is 12.0 Å². The molecular formula is C13H17NSi. The average molecular weight is 215 g/mol. The van der Waals surface area contributed by atoms with Gasteiger partial charge in [0, 0.05) is 0 Å². The van der Waals surface area contributed by atoms with Crippen LogP contribution in [0.15, 0.2) is 30.3 Å². The van der Waals surface area contributed by atoms with E-state index >= 15 is 0 Å². The van der Waals surface area contributed by atoms with E-state index in [9.17, 15) is 0 Å².